The van der Waals surface area contributed by atoms with Gasteiger partial charge < -0.3 is 4.40 Å². The number of hydrogen-bond acceptors (Lipinski definition) is 2. The summed E-state index contributed by atoms with van der Waals surface area (Å²) in [5, 5.41) is 9.56. The highest BCUT2D eigenvalue weighted by atomic mass is 15.1. The van der Waals surface area contributed by atoms with Crippen LogP contribution in [0.3, 0.4) is 0 Å². The van der Waals surface area contributed by atoms with Crippen LogP contribution in [0.4, 0.5) is 0 Å². The zero-order valence-electron chi connectivity index (χ0n) is 14.4. The number of benzene rings is 1. The fourth-order valence-corrected chi connectivity index (χ4v) is 3.96. The number of nitriles is 1. The van der Waals surface area contributed by atoms with E-state index >= 15 is 0 Å². The van der Waals surface area contributed by atoms with Crippen molar-refractivity contribution in [2.45, 2.75) is 25.8 Å². The summed E-state index contributed by atoms with van der Waals surface area (Å²) in [6.07, 6.45) is 7.80. The highest BCUT2D eigenvalue weighted by Crippen LogP contribution is 2.25. The Bertz CT molecular complexity index is 881. The largest absolute Gasteiger partial charge is 0.322 e. The van der Waals surface area contributed by atoms with Crippen LogP contribution in [0.1, 0.15) is 29.5 Å². The Morgan fingerprint density at radius 3 is 2.52 bits per heavy atom. The second kappa shape index (κ2) is 7.13. The Kier molecular flexibility index (Phi) is 4.54. The third kappa shape index (κ3) is 3.45. The first-order chi connectivity index (χ1) is 12.3. The second-order valence-electron chi connectivity index (χ2n) is 7.04. The maximum atomic E-state index is 9.56. The third-order valence-corrected chi connectivity index (χ3v) is 5.34. The smallest absolute Gasteiger partial charge is 0.102 e. The molecule has 0 atom stereocenters. The predicted octanol–water partition coefficient (Wildman–Crippen LogP) is 4.27. The maximum absolute atomic E-state index is 9.56. The number of aromatic nitrogens is 1. The Morgan fingerprint density at radius 2 is 1.76 bits per heavy atom. The number of piperidine rings is 1. The Morgan fingerprint density at radius 1 is 1.00 bits per heavy atom. The van der Waals surface area contributed by atoms with Crippen molar-refractivity contribution < 1.29 is 0 Å². The molecule has 0 bridgehead atoms. The molecule has 3 heterocycles. The summed E-state index contributed by atoms with van der Waals surface area (Å²) in [6, 6.07) is 19.2. The van der Waals surface area contributed by atoms with Crippen molar-refractivity contribution in [2.75, 3.05) is 13.1 Å². The first-order valence-corrected chi connectivity index (χ1v) is 9.08. The van der Waals surface area contributed by atoms with E-state index in [0.29, 0.717) is 0 Å². The molecule has 0 radical (unpaired) electrons. The number of nitrogens with zero attached hydrogens (tertiary/aromatic N) is 3. The number of rotatable bonds is 4. The van der Waals surface area contributed by atoms with Crippen LogP contribution in [0.25, 0.3) is 5.52 Å². The molecule has 1 saturated heterocycles. The van der Waals surface area contributed by atoms with Gasteiger partial charge in [0.1, 0.15) is 6.07 Å². The molecule has 25 heavy (non-hydrogen) atoms. The molecule has 1 fully saturated rings. The highest BCUT2D eigenvalue weighted by Gasteiger charge is 2.21. The molecule has 0 amide bonds. The summed E-state index contributed by atoms with van der Waals surface area (Å²) >= 11 is 0. The maximum Gasteiger partial charge on any atom is 0.102 e. The number of pyridine rings is 1. The first-order valence-electron chi connectivity index (χ1n) is 9.08. The Hall–Kier alpha value is -2.57. The van der Waals surface area contributed by atoms with Gasteiger partial charge in [0.05, 0.1) is 11.1 Å². The lowest BCUT2D eigenvalue weighted by Gasteiger charge is -2.31. The van der Waals surface area contributed by atoms with Crippen molar-refractivity contribution >= 4 is 5.52 Å². The summed E-state index contributed by atoms with van der Waals surface area (Å²) in [6.45, 7) is 3.12. The highest BCUT2D eigenvalue weighted by molar-refractivity contribution is 5.65. The molecule has 3 heteroatoms. The normalized spacial score (nSPS) is 16.1. The lowest BCUT2D eigenvalue weighted by atomic mass is 9.90. The van der Waals surface area contributed by atoms with Gasteiger partial charge in [-0.25, -0.2) is 0 Å². The molecule has 0 saturated carbocycles. The van der Waals surface area contributed by atoms with E-state index in [9.17, 15) is 5.26 Å². The average molecular weight is 329 g/mol. The summed E-state index contributed by atoms with van der Waals surface area (Å²) in [4.78, 5) is 2.50. The Labute approximate surface area is 149 Å². The van der Waals surface area contributed by atoms with Gasteiger partial charge in [0, 0.05) is 24.5 Å². The van der Waals surface area contributed by atoms with Gasteiger partial charge in [-0.3, -0.25) is 4.90 Å². The quantitative estimate of drug-likeness (QED) is 0.716. The standard InChI is InChI=1S/C22H23N3/c23-15-21-20(17-25-11-5-4-8-22(21)25)16-24-12-9-19(10-13-24)14-18-6-2-1-3-7-18/h1-8,11,17,19H,9-10,12-14,16H2. The molecule has 1 aliphatic heterocycles. The van der Waals surface area contributed by atoms with Gasteiger partial charge in [-0.1, -0.05) is 36.4 Å². The second-order valence-corrected chi connectivity index (χ2v) is 7.04. The molecular formula is C22H23N3. The lowest BCUT2D eigenvalue weighted by Crippen LogP contribution is -2.33. The van der Waals surface area contributed by atoms with E-state index in [2.05, 4.69) is 51.9 Å². The molecule has 0 unspecified atom stereocenters. The van der Waals surface area contributed by atoms with Gasteiger partial charge in [-0.05, 0) is 56.0 Å². The summed E-state index contributed by atoms with van der Waals surface area (Å²) < 4.78 is 2.07. The molecule has 2 aromatic heterocycles. The zero-order valence-corrected chi connectivity index (χ0v) is 14.4. The molecule has 3 nitrogen and oxygen atoms in total. The summed E-state index contributed by atoms with van der Waals surface area (Å²) in [7, 11) is 0. The van der Waals surface area contributed by atoms with Crippen LogP contribution in [0.15, 0.2) is 60.9 Å². The van der Waals surface area contributed by atoms with Gasteiger partial charge in [-0.2, -0.15) is 5.26 Å². The van der Waals surface area contributed by atoms with Gasteiger partial charge in [0.25, 0.3) is 0 Å². The Balaban J connectivity index is 1.40. The van der Waals surface area contributed by atoms with Crippen LogP contribution in [-0.2, 0) is 13.0 Å². The molecule has 0 N–H and O–H groups in total. The lowest BCUT2D eigenvalue weighted by molar-refractivity contribution is 0.177. The van der Waals surface area contributed by atoms with Crippen LogP contribution < -0.4 is 0 Å². The third-order valence-electron chi connectivity index (χ3n) is 5.34. The summed E-state index contributed by atoms with van der Waals surface area (Å²) in [5.74, 6) is 0.780. The number of hydrogen-bond donors (Lipinski definition) is 0. The van der Waals surface area contributed by atoms with Crippen molar-refractivity contribution in [3.63, 3.8) is 0 Å². The van der Waals surface area contributed by atoms with E-state index in [1.165, 1.54) is 24.8 Å². The molecule has 4 rings (SSSR count). The zero-order chi connectivity index (χ0) is 17.1. The minimum Gasteiger partial charge on any atom is -0.322 e. The van der Waals surface area contributed by atoms with E-state index in [-0.39, 0.29) is 0 Å². The van der Waals surface area contributed by atoms with E-state index < -0.39 is 0 Å². The van der Waals surface area contributed by atoms with Gasteiger partial charge in [0.2, 0.25) is 0 Å². The van der Waals surface area contributed by atoms with Crippen LogP contribution in [-0.4, -0.2) is 22.4 Å². The topological polar surface area (TPSA) is 31.4 Å². The van der Waals surface area contributed by atoms with E-state index in [4.69, 9.17) is 0 Å². The molecule has 3 aromatic rings. The van der Waals surface area contributed by atoms with Crippen LogP contribution in [0, 0.1) is 17.2 Å². The van der Waals surface area contributed by atoms with Crippen molar-refractivity contribution in [1.82, 2.24) is 9.30 Å². The molecule has 1 aromatic carbocycles. The fraction of sp³-hybridized carbons (Fsp3) is 0.318. The summed E-state index contributed by atoms with van der Waals surface area (Å²) in [5.41, 5.74) is 4.44. The predicted molar refractivity (Wildman–Crippen MR) is 100 cm³/mol. The number of fused-ring (bicyclic) bond motifs is 1. The van der Waals surface area contributed by atoms with E-state index in [1.807, 2.05) is 24.4 Å². The van der Waals surface area contributed by atoms with Gasteiger partial charge in [0.15, 0.2) is 0 Å². The van der Waals surface area contributed by atoms with E-state index in [1.54, 1.807) is 0 Å². The minimum atomic E-state index is 0.780. The molecular weight excluding hydrogens is 306 g/mol. The number of likely N-dealkylation sites (tertiary alicyclic amines) is 1. The van der Waals surface area contributed by atoms with Crippen molar-refractivity contribution in [3.8, 4) is 6.07 Å². The van der Waals surface area contributed by atoms with Crippen LogP contribution in [0.5, 0.6) is 0 Å². The average Bonchev–Trinajstić information content (AvgIpc) is 3.01. The van der Waals surface area contributed by atoms with Crippen molar-refractivity contribution in [3.05, 3.63) is 77.6 Å². The fourth-order valence-electron chi connectivity index (χ4n) is 3.96. The van der Waals surface area contributed by atoms with Crippen LogP contribution >= 0.6 is 0 Å². The van der Waals surface area contributed by atoms with Gasteiger partial charge in [-0.15, -0.1) is 0 Å². The molecule has 126 valence electrons. The van der Waals surface area contributed by atoms with Gasteiger partial charge >= 0.3 is 0 Å². The SMILES string of the molecule is N#Cc1c(CN2CCC(Cc3ccccc3)CC2)cn2ccccc12. The van der Waals surface area contributed by atoms with Crippen LogP contribution in [0.2, 0.25) is 0 Å². The first kappa shape index (κ1) is 15.9. The van der Waals surface area contributed by atoms with Crippen molar-refractivity contribution in [1.29, 1.82) is 5.26 Å². The van der Waals surface area contributed by atoms with Crippen molar-refractivity contribution in [2.24, 2.45) is 5.92 Å². The van der Waals surface area contributed by atoms with E-state index in [0.717, 1.165) is 42.2 Å². The molecule has 0 aliphatic carbocycles. The molecule has 1 aliphatic rings. The monoisotopic (exact) mass is 329 g/mol. The molecule has 0 spiro atoms. The minimum absolute atomic E-state index is 0.780.